The Morgan fingerprint density at radius 2 is 1.92 bits per heavy atom. The van der Waals surface area contributed by atoms with Crippen LogP contribution in [0.15, 0.2) is 24.3 Å². The highest BCUT2D eigenvalue weighted by Crippen LogP contribution is 2.24. The van der Waals surface area contributed by atoms with E-state index >= 15 is 0 Å². The number of benzene rings is 1. The Kier molecular flexibility index (Phi) is 2.89. The van der Waals surface area contributed by atoms with Gasteiger partial charge in [0.1, 0.15) is 0 Å². The summed E-state index contributed by atoms with van der Waals surface area (Å²) >= 11 is 2.34. The number of nitrogens with one attached hydrogen (secondary N) is 1. The molecule has 1 aromatic carbocycles. The molecule has 1 nitrogen and oxygen atoms in total. The van der Waals surface area contributed by atoms with Gasteiger partial charge in [-0.2, -0.15) is 0 Å². The zero-order valence-corrected chi connectivity index (χ0v) is 9.91. The van der Waals surface area contributed by atoms with Crippen LogP contribution in [0.5, 0.6) is 0 Å². The molecule has 1 atom stereocenters. The molecule has 0 saturated heterocycles. The van der Waals surface area contributed by atoms with Crippen molar-refractivity contribution < 1.29 is 0 Å². The molecule has 1 aliphatic rings. The summed E-state index contributed by atoms with van der Waals surface area (Å²) in [6.45, 7) is 2.24. The minimum atomic E-state index is 0.504. The van der Waals surface area contributed by atoms with Crippen molar-refractivity contribution in [3.8, 4) is 0 Å². The van der Waals surface area contributed by atoms with Crippen molar-refractivity contribution in [2.45, 2.75) is 31.8 Å². The molecule has 0 unspecified atom stereocenters. The van der Waals surface area contributed by atoms with E-state index in [1.54, 1.807) is 0 Å². The van der Waals surface area contributed by atoms with E-state index < -0.39 is 0 Å². The first-order valence-electron chi connectivity index (χ1n) is 4.77. The van der Waals surface area contributed by atoms with Crippen LogP contribution in [0.2, 0.25) is 0 Å². The van der Waals surface area contributed by atoms with Crippen LogP contribution in [-0.2, 0) is 0 Å². The van der Waals surface area contributed by atoms with Crippen LogP contribution >= 0.6 is 22.6 Å². The lowest BCUT2D eigenvalue weighted by Gasteiger charge is -2.13. The Morgan fingerprint density at radius 3 is 2.46 bits per heavy atom. The molecule has 70 valence electrons. The fourth-order valence-corrected chi connectivity index (χ4v) is 1.81. The zero-order chi connectivity index (χ0) is 9.26. The standard InChI is InChI=1S/C11H14IN/c1-8(13-11-6-7-11)9-2-4-10(12)5-3-9/h2-5,8,11,13H,6-7H2,1H3/t8-/m0/s1. The SMILES string of the molecule is C[C@H](NC1CC1)c1ccc(I)cc1. The summed E-state index contributed by atoms with van der Waals surface area (Å²) < 4.78 is 1.31. The van der Waals surface area contributed by atoms with Gasteiger partial charge in [0, 0.05) is 15.7 Å². The second-order valence-corrected chi connectivity index (χ2v) is 4.96. The largest absolute Gasteiger partial charge is 0.307 e. The molecule has 0 heterocycles. The first-order chi connectivity index (χ1) is 6.25. The minimum absolute atomic E-state index is 0.504. The summed E-state index contributed by atoms with van der Waals surface area (Å²) in [6, 6.07) is 10.0. The fourth-order valence-electron chi connectivity index (χ4n) is 1.45. The molecule has 13 heavy (non-hydrogen) atoms. The van der Waals surface area contributed by atoms with E-state index in [1.165, 1.54) is 22.0 Å². The summed E-state index contributed by atoms with van der Waals surface area (Å²) in [6.07, 6.45) is 2.71. The summed E-state index contributed by atoms with van der Waals surface area (Å²) in [7, 11) is 0. The Morgan fingerprint density at radius 1 is 1.31 bits per heavy atom. The van der Waals surface area contributed by atoms with Crippen molar-refractivity contribution in [1.82, 2.24) is 5.32 Å². The molecule has 1 aromatic rings. The smallest absolute Gasteiger partial charge is 0.0294 e. The van der Waals surface area contributed by atoms with Gasteiger partial charge in [-0.25, -0.2) is 0 Å². The minimum Gasteiger partial charge on any atom is -0.307 e. The maximum atomic E-state index is 3.59. The molecule has 0 aromatic heterocycles. The Balaban J connectivity index is 2.01. The van der Waals surface area contributed by atoms with Crippen molar-refractivity contribution in [1.29, 1.82) is 0 Å². The fraction of sp³-hybridized carbons (Fsp3) is 0.455. The van der Waals surface area contributed by atoms with Crippen LogP contribution < -0.4 is 5.32 Å². The summed E-state index contributed by atoms with van der Waals surface area (Å²) in [5, 5.41) is 3.59. The van der Waals surface area contributed by atoms with E-state index in [2.05, 4.69) is 59.1 Å². The monoisotopic (exact) mass is 287 g/mol. The number of hydrogen-bond donors (Lipinski definition) is 1. The van der Waals surface area contributed by atoms with Gasteiger partial charge in [0.15, 0.2) is 0 Å². The van der Waals surface area contributed by atoms with E-state index in [9.17, 15) is 0 Å². The van der Waals surface area contributed by atoms with Crippen LogP contribution in [0, 0.1) is 3.57 Å². The Hall–Kier alpha value is -0.0900. The Bertz CT molecular complexity index is 277. The van der Waals surface area contributed by atoms with Crippen molar-refractivity contribution in [2.24, 2.45) is 0 Å². The highest BCUT2D eigenvalue weighted by molar-refractivity contribution is 14.1. The lowest BCUT2D eigenvalue weighted by Crippen LogP contribution is -2.20. The average Bonchev–Trinajstić information content (AvgIpc) is 2.89. The number of rotatable bonds is 3. The van der Waals surface area contributed by atoms with Gasteiger partial charge in [0.2, 0.25) is 0 Å². The molecule has 0 spiro atoms. The van der Waals surface area contributed by atoms with Gasteiger partial charge in [-0.15, -0.1) is 0 Å². The van der Waals surface area contributed by atoms with Gasteiger partial charge in [-0.3, -0.25) is 0 Å². The van der Waals surface area contributed by atoms with Crippen molar-refractivity contribution in [3.05, 3.63) is 33.4 Å². The zero-order valence-electron chi connectivity index (χ0n) is 7.76. The summed E-state index contributed by atoms with van der Waals surface area (Å²) in [5.41, 5.74) is 1.40. The lowest BCUT2D eigenvalue weighted by molar-refractivity contribution is 0.571. The number of halogens is 1. The maximum absolute atomic E-state index is 3.59. The molecule has 1 fully saturated rings. The third kappa shape index (κ3) is 2.68. The lowest BCUT2D eigenvalue weighted by atomic mass is 10.1. The van der Waals surface area contributed by atoms with E-state index in [0.717, 1.165) is 6.04 Å². The van der Waals surface area contributed by atoms with Gasteiger partial charge in [0.05, 0.1) is 0 Å². The molecule has 1 N–H and O–H groups in total. The number of hydrogen-bond acceptors (Lipinski definition) is 1. The predicted octanol–water partition coefficient (Wildman–Crippen LogP) is 3.10. The van der Waals surface area contributed by atoms with Gasteiger partial charge in [-0.05, 0) is 60.1 Å². The van der Waals surface area contributed by atoms with Crippen LogP contribution in [0.25, 0.3) is 0 Å². The van der Waals surface area contributed by atoms with Crippen LogP contribution in [0.1, 0.15) is 31.4 Å². The third-order valence-electron chi connectivity index (χ3n) is 2.43. The van der Waals surface area contributed by atoms with E-state index in [0.29, 0.717) is 6.04 Å². The maximum Gasteiger partial charge on any atom is 0.0294 e. The molecule has 0 amide bonds. The molecule has 0 aliphatic heterocycles. The van der Waals surface area contributed by atoms with Gasteiger partial charge >= 0.3 is 0 Å². The first kappa shape index (κ1) is 9.46. The van der Waals surface area contributed by atoms with E-state index in [1.807, 2.05) is 0 Å². The van der Waals surface area contributed by atoms with E-state index in [-0.39, 0.29) is 0 Å². The quantitative estimate of drug-likeness (QED) is 0.842. The molecule has 2 rings (SSSR count). The topological polar surface area (TPSA) is 12.0 Å². The third-order valence-corrected chi connectivity index (χ3v) is 3.15. The molecule has 0 bridgehead atoms. The predicted molar refractivity (Wildman–Crippen MR) is 63.7 cm³/mol. The highest BCUT2D eigenvalue weighted by atomic mass is 127. The molecule has 2 heteroatoms. The molecule has 1 saturated carbocycles. The molecular formula is C11H14IN. The van der Waals surface area contributed by atoms with Gasteiger partial charge < -0.3 is 5.32 Å². The van der Waals surface area contributed by atoms with E-state index in [4.69, 9.17) is 0 Å². The molecule has 0 radical (unpaired) electrons. The molecule has 1 aliphatic carbocycles. The van der Waals surface area contributed by atoms with Crippen molar-refractivity contribution >= 4 is 22.6 Å². The summed E-state index contributed by atoms with van der Waals surface area (Å²) in [5.74, 6) is 0. The van der Waals surface area contributed by atoms with Crippen LogP contribution in [0.4, 0.5) is 0 Å². The van der Waals surface area contributed by atoms with Crippen LogP contribution in [0.3, 0.4) is 0 Å². The first-order valence-corrected chi connectivity index (χ1v) is 5.85. The normalized spacial score (nSPS) is 18.6. The van der Waals surface area contributed by atoms with Gasteiger partial charge in [0.25, 0.3) is 0 Å². The Labute approximate surface area is 93.1 Å². The second-order valence-electron chi connectivity index (χ2n) is 3.71. The van der Waals surface area contributed by atoms with Gasteiger partial charge in [-0.1, -0.05) is 12.1 Å². The summed E-state index contributed by atoms with van der Waals surface area (Å²) in [4.78, 5) is 0. The molecular weight excluding hydrogens is 273 g/mol. The van der Waals surface area contributed by atoms with Crippen molar-refractivity contribution in [2.75, 3.05) is 0 Å². The second kappa shape index (κ2) is 3.96. The average molecular weight is 287 g/mol. The van der Waals surface area contributed by atoms with Crippen LogP contribution in [-0.4, -0.2) is 6.04 Å². The highest BCUT2D eigenvalue weighted by Gasteiger charge is 2.22. The van der Waals surface area contributed by atoms with Crippen molar-refractivity contribution in [3.63, 3.8) is 0 Å².